The van der Waals surface area contributed by atoms with Crippen LogP contribution in [-0.4, -0.2) is 36.3 Å². The predicted molar refractivity (Wildman–Crippen MR) is 149 cm³/mol. The molecular formula is C32H42F2N2O3. The molecule has 7 heteroatoms. The van der Waals surface area contributed by atoms with Gasteiger partial charge in [0.1, 0.15) is 11.6 Å². The molecule has 2 bridgehead atoms. The molecule has 4 rings (SSSR count). The van der Waals surface area contributed by atoms with E-state index in [0.717, 1.165) is 38.2 Å². The highest BCUT2D eigenvalue weighted by Gasteiger charge is 2.33. The monoisotopic (exact) mass is 540 g/mol. The molecular weight excluding hydrogens is 498 g/mol. The van der Waals surface area contributed by atoms with Crippen molar-refractivity contribution in [3.8, 4) is 0 Å². The first-order chi connectivity index (χ1) is 18.8. The maximum Gasteiger partial charge on any atom is 0.220 e. The van der Waals surface area contributed by atoms with E-state index in [2.05, 4.69) is 48.8 Å². The van der Waals surface area contributed by atoms with Gasteiger partial charge in [0, 0.05) is 25.1 Å². The average Bonchev–Trinajstić information content (AvgIpc) is 3.23. The van der Waals surface area contributed by atoms with Crippen molar-refractivity contribution < 1.29 is 23.4 Å². The van der Waals surface area contributed by atoms with E-state index < -0.39 is 23.8 Å². The van der Waals surface area contributed by atoms with E-state index in [-0.39, 0.29) is 31.0 Å². The molecule has 1 heterocycles. The van der Waals surface area contributed by atoms with Crippen LogP contribution in [0.5, 0.6) is 0 Å². The molecule has 0 spiro atoms. The van der Waals surface area contributed by atoms with Gasteiger partial charge in [0.15, 0.2) is 0 Å². The minimum Gasteiger partial charge on any atom is -0.390 e. The smallest absolute Gasteiger partial charge is 0.220 e. The number of allylic oxidation sites excluding steroid dienone is 1. The molecule has 212 valence electrons. The standard InChI is InChI=1S/C32H42F2N2O3/c1-21(2)9-10-22-11-12-26-27(16-22)28-19-31(26)39-13-7-5-3-4-6-8-32(38)36-29(30(37)20-35-28)17-23-14-24(33)18-25(34)15-23/h5,7,11-12,14-16,18,21,28-31,35,37H,3-4,6,8-10,13,17,19-20H2,1-2H3,(H,36,38)/b7-5+/t28-,29-,30+,31+/m0/s1. The quantitative estimate of drug-likeness (QED) is 0.415. The molecule has 1 aliphatic carbocycles. The maximum absolute atomic E-state index is 13.9. The lowest BCUT2D eigenvalue weighted by atomic mass is 9.97. The molecule has 0 fully saturated rings. The Morgan fingerprint density at radius 3 is 2.59 bits per heavy atom. The van der Waals surface area contributed by atoms with Crippen LogP contribution in [0, 0.1) is 17.6 Å². The van der Waals surface area contributed by atoms with Gasteiger partial charge in [-0.2, -0.15) is 0 Å². The molecule has 39 heavy (non-hydrogen) atoms. The van der Waals surface area contributed by atoms with Crippen LogP contribution in [0.1, 0.15) is 86.8 Å². The van der Waals surface area contributed by atoms with Gasteiger partial charge in [0.2, 0.25) is 5.91 Å². The summed E-state index contributed by atoms with van der Waals surface area (Å²) in [5.41, 5.74) is 4.04. The van der Waals surface area contributed by atoms with Crippen LogP contribution < -0.4 is 10.6 Å². The molecule has 2 aromatic rings. The van der Waals surface area contributed by atoms with Gasteiger partial charge < -0.3 is 20.5 Å². The first-order valence-corrected chi connectivity index (χ1v) is 14.3. The van der Waals surface area contributed by atoms with Crippen molar-refractivity contribution in [2.45, 2.75) is 89.5 Å². The number of aliphatic hydroxyl groups is 1. The number of aryl methyl sites for hydroxylation is 1. The Balaban J connectivity index is 1.55. The first kappa shape index (κ1) is 29.4. The van der Waals surface area contributed by atoms with E-state index in [1.54, 1.807) is 0 Å². The highest BCUT2D eigenvalue weighted by molar-refractivity contribution is 5.76. The van der Waals surface area contributed by atoms with E-state index in [1.165, 1.54) is 28.8 Å². The minimum absolute atomic E-state index is 0.0127. The Morgan fingerprint density at radius 2 is 1.82 bits per heavy atom. The van der Waals surface area contributed by atoms with Gasteiger partial charge in [0.25, 0.3) is 0 Å². The number of halogens is 2. The van der Waals surface area contributed by atoms with Crippen molar-refractivity contribution >= 4 is 5.91 Å². The normalized spacial score (nSPS) is 25.6. The third-order valence-corrected chi connectivity index (χ3v) is 7.68. The van der Waals surface area contributed by atoms with Crippen LogP contribution in [0.25, 0.3) is 0 Å². The second-order valence-corrected chi connectivity index (χ2v) is 11.4. The average molecular weight is 541 g/mol. The van der Waals surface area contributed by atoms with E-state index in [0.29, 0.717) is 30.9 Å². The number of amides is 1. The fourth-order valence-corrected chi connectivity index (χ4v) is 5.50. The van der Waals surface area contributed by atoms with Gasteiger partial charge in [-0.05, 0) is 85.3 Å². The van der Waals surface area contributed by atoms with Crippen molar-refractivity contribution in [2.75, 3.05) is 13.2 Å². The van der Waals surface area contributed by atoms with Crippen molar-refractivity contribution in [3.63, 3.8) is 0 Å². The highest BCUT2D eigenvalue weighted by atomic mass is 19.1. The van der Waals surface area contributed by atoms with Gasteiger partial charge in [-0.15, -0.1) is 0 Å². The van der Waals surface area contributed by atoms with Crippen molar-refractivity contribution in [2.24, 2.45) is 5.92 Å². The zero-order valence-corrected chi connectivity index (χ0v) is 23.1. The van der Waals surface area contributed by atoms with E-state index in [9.17, 15) is 18.7 Å². The third kappa shape index (κ3) is 8.69. The summed E-state index contributed by atoms with van der Waals surface area (Å²) in [6.07, 6.45) is 8.90. The van der Waals surface area contributed by atoms with Crippen LogP contribution in [-0.2, 0) is 22.4 Å². The molecule has 4 atom stereocenters. The summed E-state index contributed by atoms with van der Waals surface area (Å²) in [7, 11) is 0. The van der Waals surface area contributed by atoms with Crippen LogP contribution in [0.15, 0.2) is 48.6 Å². The van der Waals surface area contributed by atoms with Gasteiger partial charge >= 0.3 is 0 Å². The number of rotatable bonds is 5. The SMILES string of the molecule is CC(C)CCc1ccc2c(c1)[C@@H]1C[C@H]2OC/C=C/CCCCC(=O)N[C@@H](Cc2cc(F)cc(F)c2)[C@H](O)CN1. The van der Waals surface area contributed by atoms with Crippen LogP contribution >= 0.6 is 0 Å². The summed E-state index contributed by atoms with van der Waals surface area (Å²) in [6, 6.07) is 9.25. The Kier molecular flexibility index (Phi) is 10.7. The maximum atomic E-state index is 13.9. The lowest BCUT2D eigenvalue weighted by Crippen LogP contribution is -2.49. The number of aliphatic hydroxyl groups excluding tert-OH is 1. The Morgan fingerprint density at radius 1 is 1.03 bits per heavy atom. The molecule has 1 amide bonds. The summed E-state index contributed by atoms with van der Waals surface area (Å²) in [5, 5.41) is 17.7. The van der Waals surface area contributed by atoms with Gasteiger partial charge in [-0.25, -0.2) is 8.78 Å². The van der Waals surface area contributed by atoms with Crippen LogP contribution in [0.3, 0.4) is 0 Å². The van der Waals surface area contributed by atoms with E-state index in [4.69, 9.17) is 4.74 Å². The number of hydrogen-bond donors (Lipinski definition) is 3. The Bertz CT molecular complexity index is 1120. The number of hydrogen-bond acceptors (Lipinski definition) is 4. The molecule has 1 aliphatic heterocycles. The van der Waals surface area contributed by atoms with E-state index in [1.807, 2.05) is 6.08 Å². The number of β-amino-alcohol motifs (C(OH)–C–C–N with tert-alkyl or cyclic N) is 1. The molecule has 0 saturated carbocycles. The minimum atomic E-state index is -0.954. The number of nitrogens with one attached hydrogen (secondary N) is 2. The molecule has 0 unspecified atom stereocenters. The second-order valence-electron chi connectivity index (χ2n) is 11.4. The molecule has 0 saturated heterocycles. The van der Waals surface area contributed by atoms with Gasteiger partial charge in [-0.1, -0.05) is 44.2 Å². The fraction of sp³-hybridized carbons (Fsp3) is 0.531. The molecule has 2 aliphatic rings. The number of carbonyl (C=O) groups excluding carboxylic acids is 1. The summed E-state index contributed by atoms with van der Waals surface area (Å²) < 4.78 is 34.0. The first-order valence-electron chi connectivity index (χ1n) is 14.3. The largest absolute Gasteiger partial charge is 0.390 e. The van der Waals surface area contributed by atoms with Crippen molar-refractivity contribution in [1.29, 1.82) is 0 Å². The zero-order valence-electron chi connectivity index (χ0n) is 23.1. The number of benzene rings is 2. The summed E-state index contributed by atoms with van der Waals surface area (Å²) in [4.78, 5) is 12.7. The van der Waals surface area contributed by atoms with Crippen molar-refractivity contribution in [3.05, 3.63) is 82.4 Å². The summed E-state index contributed by atoms with van der Waals surface area (Å²) in [6.45, 7) is 5.20. The predicted octanol–water partition coefficient (Wildman–Crippen LogP) is 5.86. The Labute approximate surface area is 231 Å². The molecule has 2 aromatic carbocycles. The van der Waals surface area contributed by atoms with Crippen LogP contribution in [0.4, 0.5) is 8.78 Å². The lowest BCUT2D eigenvalue weighted by Gasteiger charge is -2.26. The highest BCUT2D eigenvalue weighted by Crippen LogP contribution is 2.41. The number of ether oxygens (including phenoxy) is 1. The number of fused-ring (bicyclic) bond motifs is 5. The van der Waals surface area contributed by atoms with Gasteiger partial charge in [0.05, 0.1) is 24.9 Å². The lowest BCUT2D eigenvalue weighted by molar-refractivity contribution is -0.122. The van der Waals surface area contributed by atoms with Crippen LogP contribution in [0.2, 0.25) is 0 Å². The Hall–Kier alpha value is -2.61. The fourth-order valence-electron chi connectivity index (χ4n) is 5.50. The molecule has 5 nitrogen and oxygen atoms in total. The topological polar surface area (TPSA) is 70.6 Å². The zero-order chi connectivity index (χ0) is 27.8. The van der Waals surface area contributed by atoms with E-state index >= 15 is 0 Å². The molecule has 0 aromatic heterocycles. The van der Waals surface area contributed by atoms with Gasteiger partial charge in [-0.3, -0.25) is 4.79 Å². The molecule has 0 radical (unpaired) electrons. The molecule has 3 N–H and O–H groups in total. The van der Waals surface area contributed by atoms with Crippen molar-refractivity contribution in [1.82, 2.24) is 10.6 Å². The number of carbonyl (C=O) groups is 1. The second kappa shape index (κ2) is 14.1. The summed E-state index contributed by atoms with van der Waals surface area (Å²) >= 11 is 0. The third-order valence-electron chi connectivity index (χ3n) is 7.68. The summed E-state index contributed by atoms with van der Waals surface area (Å²) in [5.74, 6) is -0.907.